The molecule has 6 atom stereocenters. The number of nitrogens with zero attached hydrogens (tertiary/aromatic N) is 3. The molecule has 3 saturated carbocycles. The molecular weight excluding hydrogens is 530 g/mol. The molecule has 0 spiro atoms. The van der Waals surface area contributed by atoms with Crippen molar-refractivity contribution >= 4 is 22.8 Å². The number of hydrogen-bond donors (Lipinski definition) is 2. The summed E-state index contributed by atoms with van der Waals surface area (Å²) in [6, 6.07) is 6.08. The fourth-order valence-electron chi connectivity index (χ4n) is 8.12. The van der Waals surface area contributed by atoms with Gasteiger partial charge in [0.2, 0.25) is 5.43 Å². The number of anilines is 1. The number of carbonyl (C=O) groups is 1. The fraction of sp³-hybridized carbons (Fsp3) is 0.516. The van der Waals surface area contributed by atoms with Gasteiger partial charge >= 0.3 is 0 Å². The van der Waals surface area contributed by atoms with E-state index in [2.05, 4.69) is 12.2 Å². The number of hydrogen-bond acceptors (Lipinski definition) is 6. The Hall–Kier alpha value is -3.37. The van der Waals surface area contributed by atoms with Gasteiger partial charge in [0.1, 0.15) is 23.0 Å². The number of morpholine rings is 1. The summed E-state index contributed by atoms with van der Waals surface area (Å²) in [5.41, 5.74) is -0.945. The predicted octanol–water partition coefficient (Wildman–Crippen LogP) is 3.81. The standard InChI is InChI=1S/C31H34F2N4O4/c1-31(12-17-8-18-10-19(13-31)23(18)9-17)35-30(40)24-14-37(26-4-2-20(32)11-25(26)33)29-22(28(24)39)3-5-27(34-29)36-6-7-41-16-21(36)15-38/h2-5,11,14,17-19,21,23,38H,6-10,12-13,15-16H2,1H3,(H,35,40)/t17?,18?,19?,21-,23?,31?/m1/s1. The Morgan fingerprint density at radius 1 is 1.17 bits per heavy atom. The van der Waals surface area contributed by atoms with E-state index >= 15 is 4.39 Å². The van der Waals surface area contributed by atoms with Gasteiger partial charge in [0.05, 0.1) is 36.9 Å². The Bertz CT molecular complexity index is 1590. The van der Waals surface area contributed by atoms with Crippen molar-refractivity contribution in [3.8, 4) is 5.69 Å². The van der Waals surface area contributed by atoms with Crippen molar-refractivity contribution in [1.82, 2.24) is 14.9 Å². The number of aliphatic hydroxyl groups is 1. The highest BCUT2D eigenvalue weighted by Crippen LogP contribution is 2.60. The molecule has 3 aromatic rings. The molecule has 3 heterocycles. The number of carbonyl (C=O) groups excluding carboxylic acids is 1. The van der Waals surface area contributed by atoms with Crippen LogP contribution in [0.15, 0.2) is 41.3 Å². The minimum absolute atomic E-state index is 0.0331. The van der Waals surface area contributed by atoms with Crippen molar-refractivity contribution in [3.05, 3.63) is 63.9 Å². The van der Waals surface area contributed by atoms with Gasteiger partial charge < -0.3 is 20.1 Å². The van der Waals surface area contributed by atoms with E-state index in [0.717, 1.165) is 36.8 Å². The summed E-state index contributed by atoms with van der Waals surface area (Å²) in [6.07, 6.45) is 6.75. The highest BCUT2D eigenvalue weighted by atomic mass is 19.1. The monoisotopic (exact) mass is 564 g/mol. The van der Waals surface area contributed by atoms with Crippen LogP contribution in [0.3, 0.4) is 0 Å². The molecule has 41 heavy (non-hydrogen) atoms. The topological polar surface area (TPSA) is 96.7 Å². The summed E-state index contributed by atoms with van der Waals surface area (Å²) in [5, 5.41) is 13.2. The van der Waals surface area contributed by atoms with Gasteiger partial charge in [0.25, 0.3) is 5.91 Å². The minimum atomic E-state index is -0.848. The van der Waals surface area contributed by atoms with Crippen LogP contribution in [0.25, 0.3) is 16.7 Å². The molecule has 1 amide bonds. The van der Waals surface area contributed by atoms with E-state index in [0.29, 0.717) is 37.4 Å². The van der Waals surface area contributed by atoms with Crippen molar-refractivity contribution in [1.29, 1.82) is 0 Å². The van der Waals surface area contributed by atoms with Crippen LogP contribution in [0.4, 0.5) is 14.6 Å². The predicted molar refractivity (Wildman–Crippen MR) is 149 cm³/mol. The largest absolute Gasteiger partial charge is 0.394 e. The molecule has 7 rings (SSSR count). The van der Waals surface area contributed by atoms with Crippen LogP contribution in [0.1, 0.15) is 49.4 Å². The molecule has 10 heteroatoms. The molecule has 1 aromatic carbocycles. The van der Waals surface area contributed by atoms with Crippen molar-refractivity contribution in [2.24, 2.45) is 23.7 Å². The van der Waals surface area contributed by atoms with Crippen LogP contribution in [0.2, 0.25) is 0 Å². The molecular formula is C31H34F2N4O4. The molecule has 2 N–H and O–H groups in total. The van der Waals surface area contributed by atoms with Gasteiger partial charge in [-0.25, -0.2) is 13.8 Å². The number of amides is 1. The molecule has 2 bridgehead atoms. The van der Waals surface area contributed by atoms with E-state index in [1.807, 2.05) is 4.90 Å². The van der Waals surface area contributed by atoms with Crippen molar-refractivity contribution in [2.45, 2.75) is 50.6 Å². The van der Waals surface area contributed by atoms with Crippen LogP contribution in [-0.2, 0) is 4.74 Å². The van der Waals surface area contributed by atoms with Gasteiger partial charge in [0, 0.05) is 24.3 Å². The van der Waals surface area contributed by atoms with E-state index in [1.165, 1.54) is 36.1 Å². The number of halogens is 2. The van der Waals surface area contributed by atoms with E-state index < -0.39 is 28.5 Å². The number of pyridine rings is 2. The van der Waals surface area contributed by atoms with Gasteiger partial charge in [-0.3, -0.25) is 14.2 Å². The van der Waals surface area contributed by atoms with Crippen LogP contribution in [0, 0.1) is 35.3 Å². The van der Waals surface area contributed by atoms with Gasteiger partial charge in [-0.15, -0.1) is 0 Å². The second-order valence-electron chi connectivity index (χ2n) is 12.7. The summed E-state index contributed by atoms with van der Waals surface area (Å²) >= 11 is 0. The third kappa shape index (κ3) is 4.52. The first kappa shape index (κ1) is 26.5. The van der Waals surface area contributed by atoms with Crippen LogP contribution < -0.4 is 15.6 Å². The molecule has 1 saturated heterocycles. The van der Waals surface area contributed by atoms with E-state index in [4.69, 9.17) is 9.72 Å². The Labute approximate surface area is 236 Å². The maximum atomic E-state index is 15.2. The minimum Gasteiger partial charge on any atom is -0.394 e. The zero-order valence-corrected chi connectivity index (χ0v) is 23.0. The summed E-state index contributed by atoms with van der Waals surface area (Å²) in [6.45, 7) is 3.15. The SMILES string of the molecule is CC1(NC(=O)c2cn(-c3ccc(F)cc3F)c3nc(N4CCOC[C@H]4CO)ccc3c2=O)CC2CC3CC(C1)C3C2. The van der Waals surface area contributed by atoms with E-state index in [1.54, 1.807) is 12.1 Å². The number of ether oxygens (including phenoxy) is 1. The average molecular weight is 565 g/mol. The first-order chi connectivity index (χ1) is 19.7. The summed E-state index contributed by atoms with van der Waals surface area (Å²) in [5.74, 6) is 1.17. The highest BCUT2D eigenvalue weighted by Gasteiger charge is 2.53. The second-order valence-corrected chi connectivity index (χ2v) is 12.7. The average Bonchev–Trinajstić information content (AvgIpc) is 3.21. The second kappa shape index (κ2) is 9.87. The Morgan fingerprint density at radius 2 is 2.02 bits per heavy atom. The maximum absolute atomic E-state index is 15.2. The first-order valence-electron chi connectivity index (χ1n) is 14.5. The van der Waals surface area contributed by atoms with Gasteiger partial charge in [0.15, 0.2) is 5.65 Å². The Balaban J connectivity index is 1.31. The smallest absolute Gasteiger partial charge is 0.257 e. The van der Waals surface area contributed by atoms with Crippen LogP contribution >= 0.6 is 0 Å². The zero-order valence-electron chi connectivity index (χ0n) is 23.0. The Morgan fingerprint density at radius 3 is 2.83 bits per heavy atom. The molecule has 5 unspecified atom stereocenters. The third-order valence-electron chi connectivity index (χ3n) is 9.91. The van der Waals surface area contributed by atoms with Crippen molar-refractivity contribution in [2.75, 3.05) is 31.3 Å². The molecule has 4 aliphatic rings. The van der Waals surface area contributed by atoms with Crippen LogP contribution in [-0.4, -0.2) is 58.5 Å². The molecule has 0 radical (unpaired) electrons. The summed E-state index contributed by atoms with van der Waals surface area (Å²) in [7, 11) is 0. The lowest BCUT2D eigenvalue weighted by Crippen LogP contribution is -2.51. The zero-order chi connectivity index (χ0) is 28.5. The quantitative estimate of drug-likeness (QED) is 0.490. The highest BCUT2D eigenvalue weighted by molar-refractivity contribution is 5.97. The van der Waals surface area contributed by atoms with Gasteiger partial charge in [-0.2, -0.15) is 0 Å². The lowest BCUT2D eigenvalue weighted by atomic mass is 9.62. The summed E-state index contributed by atoms with van der Waals surface area (Å²) < 4.78 is 35.8. The van der Waals surface area contributed by atoms with Gasteiger partial charge in [-0.05, 0) is 87.0 Å². The number of aromatic nitrogens is 2. The number of benzene rings is 1. The van der Waals surface area contributed by atoms with Crippen molar-refractivity contribution in [3.63, 3.8) is 0 Å². The molecule has 4 fully saturated rings. The normalized spacial score (nSPS) is 30.6. The number of nitrogens with one attached hydrogen (secondary N) is 1. The maximum Gasteiger partial charge on any atom is 0.257 e. The molecule has 1 aliphatic heterocycles. The number of rotatable bonds is 5. The molecule has 216 valence electrons. The molecule has 8 nitrogen and oxygen atoms in total. The molecule has 3 aliphatic carbocycles. The number of aliphatic hydroxyl groups excluding tert-OH is 1. The van der Waals surface area contributed by atoms with Crippen molar-refractivity contribution < 1.29 is 23.4 Å². The van der Waals surface area contributed by atoms with E-state index in [9.17, 15) is 19.1 Å². The fourth-order valence-corrected chi connectivity index (χ4v) is 8.12. The van der Waals surface area contributed by atoms with Crippen LogP contribution in [0.5, 0.6) is 0 Å². The first-order valence-corrected chi connectivity index (χ1v) is 14.5. The molecule has 2 aromatic heterocycles. The Kier molecular flexibility index (Phi) is 6.39. The number of fused-ring (bicyclic) bond motifs is 2. The lowest BCUT2D eigenvalue weighted by molar-refractivity contribution is 0.0570. The summed E-state index contributed by atoms with van der Waals surface area (Å²) in [4.78, 5) is 34.2. The van der Waals surface area contributed by atoms with Gasteiger partial charge in [-0.1, -0.05) is 0 Å². The lowest BCUT2D eigenvalue weighted by Gasteiger charge is -2.46. The third-order valence-corrected chi connectivity index (χ3v) is 9.91. The van der Waals surface area contributed by atoms with E-state index in [-0.39, 0.29) is 34.9 Å².